The van der Waals surface area contributed by atoms with Gasteiger partial charge in [-0.2, -0.15) is 0 Å². The monoisotopic (exact) mass is 254 g/mol. The number of methoxy groups -OCH3 is 3. The van der Waals surface area contributed by atoms with E-state index in [-0.39, 0.29) is 17.1 Å². The molecule has 1 aromatic rings. The molecular weight excluding hydrogens is 240 g/mol. The maximum Gasteiger partial charge on any atom is 0.319 e. The lowest BCUT2D eigenvalue weighted by Crippen LogP contribution is -2.35. The molecule has 0 atom stereocenters. The van der Waals surface area contributed by atoms with E-state index in [4.69, 9.17) is 19.9 Å². The van der Waals surface area contributed by atoms with Crippen molar-refractivity contribution in [2.45, 2.75) is 0 Å². The first-order chi connectivity index (χ1) is 8.54. The maximum absolute atomic E-state index is 11.7. The van der Waals surface area contributed by atoms with E-state index in [1.54, 1.807) is 0 Å². The summed E-state index contributed by atoms with van der Waals surface area (Å²) in [7, 11) is 4.24. The van der Waals surface area contributed by atoms with Gasteiger partial charge in [0, 0.05) is 0 Å². The number of hydrogen-bond acceptors (Lipinski definition) is 5. The third kappa shape index (κ3) is 2.62. The average molecular weight is 254 g/mol. The molecule has 0 aromatic heterocycles. The van der Waals surface area contributed by atoms with E-state index >= 15 is 0 Å². The zero-order valence-electron chi connectivity index (χ0n) is 10.3. The fourth-order valence-corrected chi connectivity index (χ4v) is 1.46. The van der Waals surface area contributed by atoms with Crippen molar-refractivity contribution < 1.29 is 23.8 Å². The third-order valence-corrected chi connectivity index (χ3v) is 2.19. The van der Waals surface area contributed by atoms with Crippen LogP contribution in [0.3, 0.4) is 0 Å². The van der Waals surface area contributed by atoms with Crippen molar-refractivity contribution in [3.8, 4) is 17.2 Å². The van der Waals surface area contributed by atoms with Crippen molar-refractivity contribution >= 4 is 11.9 Å². The molecule has 18 heavy (non-hydrogen) atoms. The van der Waals surface area contributed by atoms with E-state index in [1.807, 2.05) is 5.32 Å². The Balaban J connectivity index is 3.28. The van der Waals surface area contributed by atoms with E-state index < -0.39 is 11.9 Å². The first-order valence-corrected chi connectivity index (χ1v) is 4.94. The summed E-state index contributed by atoms with van der Waals surface area (Å²) in [4.78, 5) is 22.4. The lowest BCUT2D eigenvalue weighted by Gasteiger charge is -2.14. The molecule has 1 aromatic carbocycles. The van der Waals surface area contributed by atoms with Crippen LogP contribution in [-0.4, -0.2) is 33.3 Å². The number of nitrogens with two attached hydrogens (primary N) is 1. The van der Waals surface area contributed by atoms with Gasteiger partial charge in [-0.3, -0.25) is 10.1 Å². The van der Waals surface area contributed by atoms with E-state index in [2.05, 4.69) is 0 Å². The van der Waals surface area contributed by atoms with E-state index in [1.165, 1.54) is 33.5 Å². The number of primary amides is 1. The molecule has 0 spiro atoms. The van der Waals surface area contributed by atoms with Crippen LogP contribution >= 0.6 is 0 Å². The Labute approximate surface area is 104 Å². The number of hydrogen-bond donors (Lipinski definition) is 2. The van der Waals surface area contributed by atoms with Gasteiger partial charge < -0.3 is 19.9 Å². The summed E-state index contributed by atoms with van der Waals surface area (Å²) in [5, 5.41) is 1.95. The van der Waals surface area contributed by atoms with Crippen molar-refractivity contribution in [1.29, 1.82) is 0 Å². The number of ether oxygens (including phenoxy) is 3. The molecule has 0 aliphatic carbocycles. The normalized spacial score (nSPS) is 9.50. The molecule has 3 N–H and O–H groups in total. The molecule has 0 saturated carbocycles. The van der Waals surface area contributed by atoms with Gasteiger partial charge in [0.25, 0.3) is 5.91 Å². The molecule has 0 heterocycles. The van der Waals surface area contributed by atoms with Crippen molar-refractivity contribution in [3.63, 3.8) is 0 Å². The van der Waals surface area contributed by atoms with Crippen LogP contribution in [-0.2, 0) is 0 Å². The largest absolute Gasteiger partial charge is 0.493 e. The lowest BCUT2D eigenvalue weighted by molar-refractivity contribution is 0.0962. The van der Waals surface area contributed by atoms with E-state index in [0.29, 0.717) is 5.75 Å². The molecule has 7 nitrogen and oxygen atoms in total. The van der Waals surface area contributed by atoms with Crippen LogP contribution in [0.1, 0.15) is 10.4 Å². The number of nitrogens with one attached hydrogen (secondary N) is 1. The van der Waals surface area contributed by atoms with Crippen LogP contribution in [0.2, 0.25) is 0 Å². The third-order valence-electron chi connectivity index (χ3n) is 2.19. The second-order valence-electron chi connectivity index (χ2n) is 3.20. The van der Waals surface area contributed by atoms with Gasteiger partial charge in [-0.05, 0) is 12.1 Å². The van der Waals surface area contributed by atoms with Gasteiger partial charge in [0.1, 0.15) is 0 Å². The summed E-state index contributed by atoms with van der Waals surface area (Å²) >= 11 is 0. The highest BCUT2D eigenvalue weighted by atomic mass is 16.5. The van der Waals surface area contributed by atoms with Gasteiger partial charge in [-0.1, -0.05) is 0 Å². The van der Waals surface area contributed by atoms with Gasteiger partial charge in [-0.15, -0.1) is 0 Å². The SMILES string of the molecule is COc1ccc(C(=O)NC(N)=O)c(OC)c1OC. The van der Waals surface area contributed by atoms with Gasteiger partial charge in [0.05, 0.1) is 26.9 Å². The van der Waals surface area contributed by atoms with Crippen LogP contribution in [0.5, 0.6) is 17.2 Å². The number of carbonyl (C=O) groups is 2. The Bertz CT molecular complexity index is 473. The lowest BCUT2D eigenvalue weighted by atomic mass is 10.1. The number of imide groups is 1. The summed E-state index contributed by atoms with van der Waals surface area (Å²) in [6.07, 6.45) is 0. The van der Waals surface area contributed by atoms with Crippen molar-refractivity contribution in [1.82, 2.24) is 5.32 Å². The molecule has 0 fully saturated rings. The summed E-state index contributed by atoms with van der Waals surface area (Å²) in [5.41, 5.74) is 5.00. The van der Waals surface area contributed by atoms with Crippen molar-refractivity contribution in [2.75, 3.05) is 21.3 Å². The predicted octanol–water partition coefficient (Wildman–Crippen LogP) is 0.521. The molecular formula is C11H14N2O5. The highest BCUT2D eigenvalue weighted by Gasteiger charge is 2.21. The minimum Gasteiger partial charge on any atom is -0.493 e. The Morgan fingerprint density at radius 3 is 2.11 bits per heavy atom. The van der Waals surface area contributed by atoms with Crippen LogP contribution in [0.15, 0.2) is 12.1 Å². The fraction of sp³-hybridized carbons (Fsp3) is 0.273. The van der Waals surface area contributed by atoms with Gasteiger partial charge in [0.2, 0.25) is 5.75 Å². The highest BCUT2D eigenvalue weighted by Crippen LogP contribution is 2.39. The van der Waals surface area contributed by atoms with E-state index in [9.17, 15) is 9.59 Å². The van der Waals surface area contributed by atoms with Gasteiger partial charge >= 0.3 is 6.03 Å². The average Bonchev–Trinajstić information content (AvgIpc) is 2.35. The first kappa shape index (κ1) is 13.6. The molecule has 0 bridgehead atoms. The van der Waals surface area contributed by atoms with Crippen molar-refractivity contribution in [3.05, 3.63) is 17.7 Å². The molecule has 98 valence electrons. The number of benzene rings is 1. The minimum atomic E-state index is -0.947. The second-order valence-corrected chi connectivity index (χ2v) is 3.20. The molecule has 0 unspecified atom stereocenters. The van der Waals surface area contributed by atoms with Crippen molar-refractivity contribution in [2.24, 2.45) is 5.73 Å². The van der Waals surface area contributed by atoms with Gasteiger partial charge in [0.15, 0.2) is 11.5 Å². The topological polar surface area (TPSA) is 99.9 Å². The summed E-state index contributed by atoms with van der Waals surface area (Å²) in [6.45, 7) is 0. The molecule has 0 aliphatic rings. The Morgan fingerprint density at radius 2 is 1.67 bits per heavy atom. The van der Waals surface area contributed by atoms with Gasteiger partial charge in [-0.25, -0.2) is 4.79 Å². The Morgan fingerprint density at radius 1 is 1.06 bits per heavy atom. The van der Waals surface area contributed by atoms with Crippen LogP contribution in [0.25, 0.3) is 0 Å². The maximum atomic E-state index is 11.7. The number of rotatable bonds is 4. The quantitative estimate of drug-likeness (QED) is 0.816. The first-order valence-electron chi connectivity index (χ1n) is 4.94. The fourth-order valence-electron chi connectivity index (χ4n) is 1.46. The van der Waals surface area contributed by atoms with Crippen LogP contribution < -0.4 is 25.3 Å². The number of carbonyl (C=O) groups excluding carboxylic acids is 2. The zero-order chi connectivity index (χ0) is 13.7. The number of amides is 3. The molecule has 0 aliphatic heterocycles. The second kappa shape index (κ2) is 5.76. The highest BCUT2D eigenvalue weighted by molar-refractivity contribution is 6.06. The van der Waals surface area contributed by atoms with Crippen LogP contribution in [0.4, 0.5) is 4.79 Å². The summed E-state index contributed by atoms with van der Waals surface area (Å²) < 4.78 is 15.3. The zero-order valence-corrected chi connectivity index (χ0v) is 10.3. The molecule has 1 rings (SSSR count). The smallest absolute Gasteiger partial charge is 0.319 e. The molecule has 0 saturated heterocycles. The van der Waals surface area contributed by atoms with Crippen LogP contribution in [0, 0.1) is 0 Å². The number of urea groups is 1. The Kier molecular flexibility index (Phi) is 4.36. The molecule has 3 amide bonds. The Hall–Kier alpha value is -2.44. The standard InChI is InChI=1S/C11H14N2O5/c1-16-7-5-4-6(10(14)13-11(12)15)8(17-2)9(7)18-3/h4-5H,1-3H3,(H3,12,13,14,15). The minimum absolute atomic E-state index is 0.119. The summed E-state index contributed by atoms with van der Waals surface area (Å²) in [5.74, 6) is 0.151. The predicted molar refractivity (Wildman–Crippen MR) is 63.1 cm³/mol. The summed E-state index contributed by atoms with van der Waals surface area (Å²) in [6, 6.07) is 2.02. The molecule has 0 radical (unpaired) electrons. The van der Waals surface area contributed by atoms with E-state index in [0.717, 1.165) is 0 Å². The molecule has 7 heteroatoms.